The van der Waals surface area contributed by atoms with Crippen LogP contribution >= 0.6 is 0 Å². The van der Waals surface area contributed by atoms with Crippen molar-refractivity contribution in [2.24, 2.45) is 5.73 Å². The number of aromatic amines is 1. The van der Waals surface area contributed by atoms with E-state index in [9.17, 15) is 14.9 Å². The molecule has 202 valence electrons. The molecule has 0 spiro atoms. The molecule has 5 aromatic rings. The van der Waals surface area contributed by atoms with Crippen LogP contribution in [-0.4, -0.2) is 42.9 Å². The second-order valence-electron chi connectivity index (χ2n) is 10.1. The molecule has 0 aliphatic heterocycles. The van der Waals surface area contributed by atoms with E-state index in [0.717, 1.165) is 47.8 Å². The first kappa shape index (κ1) is 25.4. The zero-order chi connectivity index (χ0) is 27.6. The van der Waals surface area contributed by atoms with Gasteiger partial charge in [-0.3, -0.25) is 19.9 Å². The van der Waals surface area contributed by atoms with E-state index in [1.54, 1.807) is 18.5 Å². The Morgan fingerprint density at radius 3 is 2.70 bits per heavy atom. The fourth-order valence-corrected chi connectivity index (χ4v) is 5.26. The zero-order valence-electron chi connectivity index (χ0n) is 21.6. The Bertz CT molecular complexity index is 1710. The molecule has 6 rings (SSSR count). The Kier molecular flexibility index (Phi) is 6.79. The Morgan fingerprint density at radius 2 is 1.93 bits per heavy atom. The van der Waals surface area contributed by atoms with Gasteiger partial charge in [-0.25, -0.2) is 9.97 Å². The fourth-order valence-electron chi connectivity index (χ4n) is 5.26. The molecule has 1 aliphatic rings. The molecule has 0 unspecified atom stereocenters. The number of benzene rings is 1. The molecule has 1 aromatic carbocycles. The van der Waals surface area contributed by atoms with Gasteiger partial charge in [-0.2, -0.15) is 0 Å². The van der Waals surface area contributed by atoms with Gasteiger partial charge in [0.05, 0.1) is 16.0 Å². The van der Waals surface area contributed by atoms with Crippen LogP contribution in [0.3, 0.4) is 0 Å². The number of pyridine rings is 3. The number of nitro groups is 1. The number of nitrogens with two attached hydrogens (primary N) is 1. The Balaban J connectivity index is 1.35. The molecule has 0 saturated heterocycles. The summed E-state index contributed by atoms with van der Waals surface area (Å²) in [5.41, 5.74) is 10.7. The average molecular weight is 537 g/mol. The minimum absolute atomic E-state index is 0.0623. The Labute approximate surface area is 229 Å². The number of hydrogen-bond acceptors (Lipinski definition) is 8. The molecule has 4 heterocycles. The van der Waals surface area contributed by atoms with Crippen molar-refractivity contribution in [2.45, 2.75) is 44.3 Å². The topological polar surface area (TPSA) is 165 Å². The summed E-state index contributed by atoms with van der Waals surface area (Å²) in [6.07, 6.45) is 11.5. The number of rotatable bonds is 7. The van der Waals surface area contributed by atoms with Crippen LogP contribution in [0.2, 0.25) is 0 Å². The maximum atomic E-state index is 12.9. The van der Waals surface area contributed by atoms with E-state index in [0.29, 0.717) is 34.3 Å². The predicted octanol–water partition coefficient (Wildman–Crippen LogP) is 4.69. The minimum atomic E-state index is -0.401. The molecule has 11 nitrogen and oxygen atoms in total. The molecular formula is C29H28N8O3. The van der Waals surface area contributed by atoms with Gasteiger partial charge in [0.25, 0.3) is 5.91 Å². The molecule has 40 heavy (non-hydrogen) atoms. The van der Waals surface area contributed by atoms with Gasteiger partial charge in [0.1, 0.15) is 17.5 Å². The van der Waals surface area contributed by atoms with Crippen LogP contribution in [0, 0.1) is 10.1 Å². The van der Waals surface area contributed by atoms with Crippen LogP contribution in [0.5, 0.6) is 0 Å². The van der Waals surface area contributed by atoms with Crippen molar-refractivity contribution in [3.05, 3.63) is 88.6 Å². The van der Waals surface area contributed by atoms with E-state index in [1.165, 1.54) is 12.4 Å². The highest BCUT2D eigenvalue weighted by Gasteiger charge is 2.24. The summed E-state index contributed by atoms with van der Waals surface area (Å²) in [6, 6.07) is 11.5. The lowest BCUT2D eigenvalue weighted by molar-refractivity contribution is -0.384. The van der Waals surface area contributed by atoms with Crippen molar-refractivity contribution in [3.8, 4) is 11.1 Å². The average Bonchev–Trinajstić information content (AvgIpc) is 3.41. The van der Waals surface area contributed by atoms with Crippen LogP contribution in [0.15, 0.2) is 67.4 Å². The van der Waals surface area contributed by atoms with Crippen molar-refractivity contribution in [1.82, 2.24) is 25.3 Å². The van der Waals surface area contributed by atoms with Crippen molar-refractivity contribution in [3.63, 3.8) is 0 Å². The first-order valence-corrected chi connectivity index (χ1v) is 13.2. The second kappa shape index (κ2) is 10.7. The van der Waals surface area contributed by atoms with Gasteiger partial charge < -0.3 is 21.4 Å². The molecule has 1 aliphatic carbocycles. The highest BCUT2D eigenvalue weighted by atomic mass is 16.6. The highest BCUT2D eigenvalue weighted by Crippen LogP contribution is 2.37. The van der Waals surface area contributed by atoms with E-state index in [2.05, 4.69) is 30.6 Å². The van der Waals surface area contributed by atoms with Gasteiger partial charge in [0.15, 0.2) is 0 Å². The maximum Gasteiger partial charge on any atom is 0.311 e. The molecule has 0 atom stereocenters. The third-order valence-corrected chi connectivity index (χ3v) is 7.45. The first-order chi connectivity index (χ1) is 19.5. The smallest absolute Gasteiger partial charge is 0.311 e. The van der Waals surface area contributed by atoms with Crippen LogP contribution < -0.4 is 16.4 Å². The minimum Gasteiger partial charge on any atom is -0.376 e. The Hall–Kier alpha value is -4.90. The first-order valence-electron chi connectivity index (χ1n) is 13.2. The number of anilines is 1. The number of H-pyrrole nitrogens is 1. The van der Waals surface area contributed by atoms with Gasteiger partial charge in [-0.15, -0.1) is 0 Å². The molecule has 0 bridgehead atoms. The molecule has 11 heteroatoms. The number of amides is 1. The molecule has 1 amide bonds. The van der Waals surface area contributed by atoms with E-state index < -0.39 is 4.92 Å². The summed E-state index contributed by atoms with van der Waals surface area (Å²) >= 11 is 0. The van der Waals surface area contributed by atoms with E-state index in [-0.39, 0.29) is 23.7 Å². The summed E-state index contributed by atoms with van der Waals surface area (Å²) in [5.74, 6) is -0.248. The number of carbonyl (C=O) groups excluding carboxylic acids is 1. The Morgan fingerprint density at radius 1 is 1.07 bits per heavy atom. The standard InChI is InChI=1S/C29H28N8O3/c30-20-4-6-21(7-5-20)36-27-23-10-18(3-8-25(23)32-16-26(27)37(39)40)24-15-34-28-22(24)11-19(14-33-28)29(38)35-13-17-2-1-9-31-12-17/h1-3,8-12,14-16,20-21H,4-7,13,30H2,(H,32,36)(H,33,34)(H,35,38). The number of carbonyl (C=O) groups is 1. The van der Waals surface area contributed by atoms with Gasteiger partial charge >= 0.3 is 5.69 Å². The van der Waals surface area contributed by atoms with Crippen molar-refractivity contribution >= 4 is 39.2 Å². The zero-order valence-corrected chi connectivity index (χ0v) is 21.6. The number of fused-ring (bicyclic) bond motifs is 2. The van der Waals surface area contributed by atoms with E-state index in [4.69, 9.17) is 5.73 Å². The lowest BCUT2D eigenvalue weighted by Gasteiger charge is -2.27. The number of hydrogen-bond donors (Lipinski definition) is 4. The molecule has 1 saturated carbocycles. The summed E-state index contributed by atoms with van der Waals surface area (Å²) in [5, 5.41) is 19.7. The summed E-state index contributed by atoms with van der Waals surface area (Å²) < 4.78 is 0. The summed E-state index contributed by atoms with van der Waals surface area (Å²) in [4.78, 5) is 40.5. The highest BCUT2D eigenvalue weighted by molar-refractivity contribution is 6.03. The second-order valence-corrected chi connectivity index (χ2v) is 10.1. The van der Waals surface area contributed by atoms with Crippen LogP contribution in [0.4, 0.5) is 11.4 Å². The molecule has 1 fully saturated rings. The van der Waals surface area contributed by atoms with Gasteiger partial charge in [0.2, 0.25) is 0 Å². The van der Waals surface area contributed by atoms with Gasteiger partial charge in [0, 0.05) is 59.8 Å². The monoisotopic (exact) mass is 536 g/mol. The van der Waals surface area contributed by atoms with Crippen LogP contribution in [-0.2, 0) is 6.54 Å². The largest absolute Gasteiger partial charge is 0.376 e. The third kappa shape index (κ3) is 5.06. The number of aromatic nitrogens is 4. The normalized spacial score (nSPS) is 17.1. The fraction of sp³-hybridized carbons (Fsp3) is 0.241. The summed E-state index contributed by atoms with van der Waals surface area (Å²) in [6.45, 7) is 0.351. The van der Waals surface area contributed by atoms with Gasteiger partial charge in [-0.05, 0) is 61.1 Å². The predicted molar refractivity (Wildman–Crippen MR) is 153 cm³/mol. The SMILES string of the molecule is NC1CCC(Nc2c([N+](=O)[O-])cnc3ccc(-c4c[nH]c5ncc(C(=O)NCc6cccnc6)cc45)cc23)CC1. The van der Waals surface area contributed by atoms with Crippen LogP contribution in [0.25, 0.3) is 33.1 Å². The molecule has 0 radical (unpaired) electrons. The van der Waals surface area contributed by atoms with Crippen LogP contribution in [0.1, 0.15) is 41.6 Å². The quantitative estimate of drug-likeness (QED) is 0.172. The third-order valence-electron chi connectivity index (χ3n) is 7.45. The number of nitrogens with one attached hydrogen (secondary N) is 3. The van der Waals surface area contributed by atoms with E-state index >= 15 is 0 Å². The maximum absolute atomic E-state index is 12.9. The van der Waals surface area contributed by atoms with Gasteiger partial charge in [-0.1, -0.05) is 12.1 Å². The van der Waals surface area contributed by atoms with E-state index in [1.807, 2.05) is 36.5 Å². The molecule has 5 N–H and O–H groups in total. The molecular weight excluding hydrogens is 508 g/mol. The van der Waals surface area contributed by atoms with Crippen molar-refractivity contribution < 1.29 is 9.72 Å². The van der Waals surface area contributed by atoms with Crippen molar-refractivity contribution in [1.29, 1.82) is 0 Å². The number of nitrogens with zero attached hydrogens (tertiary/aromatic N) is 4. The molecule has 4 aromatic heterocycles. The summed E-state index contributed by atoms with van der Waals surface area (Å²) in [7, 11) is 0. The lowest BCUT2D eigenvalue weighted by atomic mass is 9.91. The van der Waals surface area contributed by atoms with Crippen molar-refractivity contribution in [2.75, 3.05) is 5.32 Å². The lowest BCUT2D eigenvalue weighted by Crippen LogP contribution is -2.33.